The van der Waals surface area contributed by atoms with E-state index in [1.807, 2.05) is 23.5 Å². The van der Waals surface area contributed by atoms with Crippen molar-refractivity contribution in [1.29, 1.82) is 0 Å². The quantitative estimate of drug-likeness (QED) is 0.535. The summed E-state index contributed by atoms with van der Waals surface area (Å²) in [6.45, 7) is 0. The minimum Gasteiger partial charge on any atom is -0.377 e. The summed E-state index contributed by atoms with van der Waals surface area (Å²) in [7, 11) is 8.39. The molecular weight excluding hydrogens is 308 g/mol. The lowest BCUT2D eigenvalue weighted by molar-refractivity contribution is 1.10. The molecule has 0 aliphatic rings. The van der Waals surface area contributed by atoms with Crippen LogP contribution in [0, 0.1) is 0 Å². The van der Waals surface area contributed by atoms with Gasteiger partial charge in [0.15, 0.2) is 0 Å². The highest BCUT2D eigenvalue weighted by Crippen LogP contribution is 2.32. The van der Waals surface area contributed by atoms with Gasteiger partial charge in [-0.1, -0.05) is 24.3 Å². The summed E-state index contributed by atoms with van der Waals surface area (Å²) < 4.78 is 0. The second kappa shape index (κ2) is 8.39. The van der Waals surface area contributed by atoms with Crippen molar-refractivity contribution in [1.82, 2.24) is 0 Å². The summed E-state index contributed by atoms with van der Waals surface area (Å²) in [5.74, 6) is 2.22. The largest absolute Gasteiger partial charge is 0.377 e. The van der Waals surface area contributed by atoms with Gasteiger partial charge in [0.1, 0.15) is 0 Å². The summed E-state index contributed by atoms with van der Waals surface area (Å²) >= 11 is 3.87. The van der Waals surface area contributed by atoms with Crippen LogP contribution >= 0.6 is 23.5 Å². The summed E-state index contributed by atoms with van der Waals surface area (Å²) in [5.41, 5.74) is 2.59. The highest BCUT2D eigenvalue weighted by atomic mass is 32.2. The van der Waals surface area contributed by atoms with Crippen molar-refractivity contribution in [2.24, 2.45) is 0 Å². The van der Waals surface area contributed by atoms with Crippen LogP contribution < -0.4 is 9.80 Å². The van der Waals surface area contributed by atoms with Gasteiger partial charge < -0.3 is 9.80 Å². The van der Waals surface area contributed by atoms with Crippen LogP contribution in [0.2, 0.25) is 0 Å². The van der Waals surface area contributed by atoms with Gasteiger partial charge in [-0.2, -0.15) is 0 Å². The monoisotopic (exact) mass is 332 g/mol. The van der Waals surface area contributed by atoms with Crippen LogP contribution in [0.1, 0.15) is 0 Å². The molecule has 0 aliphatic carbocycles. The van der Waals surface area contributed by atoms with Crippen molar-refractivity contribution in [3.05, 3.63) is 48.5 Å². The molecule has 0 N–H and O–H groups in total. The number of benzene rings is 2. The summed E-state index contributed by atoms with van der Waals surface area (Å²) in [4.78, 5) is 7.07. The zero-order chi connectivity index (χ0) is 15.9. The molecule has 2 rings (SSSR count). The van der Waals surface area contributed by atoms with Crippen LogP contribution in [0.3, 0.4) is 0 Å². The first kappa shape index (κ1) is 17.1. The first-order valence-corrected chi connectivity index (χ1v) is 9.35. The fourth-order valence-corrected chi connectivity index (χ4v) is 4.45. The molecule has 4 heteroatoms. The summed E-state index contributed by atoms with van der Waals surface area (Å²) in [5, 5.41) is 0. The Morgan fingerprint density at radius 2 is 1.00 bits per heavy atom. The number of hydrogen-bond acceptors (Lipinski definition) is 4. The Hall–Kier alpha value is -1.26. The van der Waals surface area contributed by atoms with Crippen molar-refractivity contribution in [3.8, 4) is 0 Å². The molecule has 2 aromatic carbocycles. The lowest BCUT2D eigenvalue weighted by Crippen LogP contribution is -2.10. The maximum absolute atomic E-state index is 2.21. The van der Waals surface area contributed by atoms with Crippen molar-refractivity contribution in [3.63, 3.8) is 0 Å². The van der Waals surface area contributed by atoms with E-state index in [4.69, 9.17) is 0 Å². The molecule has 0 saturated carbocycles. The number of thioether (sulfide) groups is 2. The smallest absolute Gasteiger partial charge is 0.0499 e. The first-order valence-electron chi connectivity index (χ1n) is 7.38. The molecule has 0 atom stereocenters. The van der Waals surface area contributed by atoms with Crippen molar-refractivity contribution in [2.45, 2.75) is 9.79 Å². The second-order valence-electron chi connectivity index (χ2n) is 5.42. The molecule has 0 spiro atoms. The number of nitrogens with zero attached hydrogens (tertiary/aromatic N) is 2. The minimum absolute atomic E-state index is 1.11. The fourth-order valence-electron chi connectivity index (χ4n) is 2.20. The van der Waals surface area contributed by atoms with E-state index >= 15 is 0 Å². The van der Waals surface area contributed by atoms with Crippen molar-refractivity contribution < 1.29 is 0 Å². The normalized spacial score (nSPS) is 10.5. The van der Waals surface area contributed by atoms with Gasteiger partial charge in [0.05, 0.1) is 0 Å². The molecule has 0 aromatic heterocycles. The maximum Gasteiger partial charge on any atom is 0.0499 e. The van der Waals surface area contributed by atoms with E-state index in [9.17, 15) is 0 Å². The van der Waals surface area contributed by atoms with Gasteiger partial charge >= 0.3 is 0 Å². The standard InChI is InChI=1S/C18H24N2S2/c1-19(2)15-9-5-7-11-17(15)21-13-14-22-18-12-8-6-10-16(18)20(3)4/h5-12H,13-14H2,1-4H3. The molecule has 2 nitrogen and oxygen atoms in total. The minimum atomic E-state index is 1.11. The van der Waals surface area contributed by atoms with E-state index in [2.05, 4.69) is 86.5 Å². The van der Waals surface area contributed by atoms with Crippen LogP contribution in [-0.2, 0) is 0 Å². The Balaban J connectivity index is 1.91. The molecule has 0 bridgehead atoms. The van der Waals surface area contributed by atoms with E-state index in [-0.39, 0.29) is 0 Å². The molecule has 0 amide bonds. The topological polar surface area (TPSA) is 6.48 Å². The Morgan fingerprint density at radius 3 is 1.36 bits per heavy atom. The molecule has 0 unspecified atom stereocenters. The van der Waals surface area contributed by atoms with Crippen LogP contribution in [-0.4, -0.2) is 39.7 Å². The highest BCUT2D eigenvalue weighted by Gasteiger charge is 2.06. The molecule has 0 heterocycles. The van der Waals surface area contributed by atoms with Gasteiger partial charge in [-0.05, 0) is 24.3 Å². The van der Waals surface area contributed by atoms with Gasteiger partial charge in [0, 0.05) is 60.9 Å². The summed E-state index contributed by atoms with van der Waals surface area (Å²) in [6, 6.07) is 17.2. The van der Waals surface area contributed by atoms with Gasteiger partial charge in [-0.15, -0.1) is 23.5 Å². The number of rotatable bonds is 7. The molecular formula is C18H24N2S2. The number of hydrogen-bond donors (Lipinski definition) is 0. The van der Waals surface area contributed by atoms with Crippen LogP contribution in [0.15, 0.2) is 58.3 Å². The highest BCUT2D eigenvalue weighted by molar-refractivity contribution is 8.03. The van der Waals surface area contributed by atoms with E-state index in [0.29, 0.717) is 0 Å². The summed E-state index contributed by atoms with van der Waals surface area (Å²) in [6.07, 6.45) is 0. The van der Waals surface area contributed by atoms with Gasteiger partial charge in [-0.25, -0.2) is 0 Å². The molecule has 0 saturated heterocycles. The SMILES string of the molecule is CN(C)c1ccccc1SCCSc1ccccc1N(C)C. The van der Waals surface area contributed by atoms with Crippen LogP contribution in [0.4, 0.5) is 11.4 Å². The molecule has 2 aromatic rings. The molecule has 22 heavy (non-hydrogen) atoms. The van der Waals surface area contributed by atoms with Crippen molar-refractivity contribution >= 4 is 34.9 Å². The van der Waals surface area contributed by atoms with E-state index in [0.717, 1.165) is 11.5 Å². The van der Waals surface area contributed by atoms with Crippen molar-refractivity contribution in [2.75, 3.05) is 49.5 Å². The predicted octanol–water partition coefficient (Wildman–Crippen LogP) is 4.70. The Labute approximate surface area is 142 Å². The Kier molecular flexibility index (Phi) is 6.52. The van der Waals surface area contributed by atoms with E-state index < -0.39 is 0 Å². The predicted molar refractivity (Wildman–Crippen MR) is 103 cm³/mol. The number of para-hydroxylation sites is 2. The van der Waals surface area contributed by atoms with E-state index in [1.165, 1.54) is 21.2 Å². The third-order valence-electron chi connectivity index (χ3n) is 3.29. The third kappa shape index (κ3) is 4.62. The average molecular weight is 333 g/mol. The maximum atomic E-state index is 2.21. The first-order chi connectivity index (χ1) is 10.6. The Morgan fingerprint density at radius 1 is 0.636 bits per heavy atom. The van der Waals surface area contributed by atoms with E-state index in [1.54, 1.807) is 0 Å². The molecule has 0 radical (unpaired) electrons. The zero-order valence-electron chi connectivity index (χ0n) is 13.7. The van der Waals surface area contributed by atoms with Crippen LogP contribution in [0.25, 0.3) is 0 Å². The second-order valence-corrected chi connectivity index (χ2v) is 7.69. The number of anilines is 2. The lowest BCUT2D eigenvalue weighted by Gasteiger charge is -2.18. The molecule has 118 valence electrons. The van der Waals surface area contributed by atoms with Gasteiger partial charge in [0.2, 0.25) is 0 Å². The zero-order valence-corrected chi connectivity index (χ0v) is 15.4. The van der Waals surface area contributed by atoms with Gasteiger partial charge in [-0.3, -0.25) is 0 Å². The molecule has 0 fully saturated rings. The Bertz CT molecular complexity index is 544. The third-order valence-corrected chi connectivity index (χ3v) is 5.68. The fraction of sp³-hybridized carbons (Fsp3) is 0.333. The molecule has 0 aliphatic heterocycles. The average Bonchev–Trinajstić information content (AvgIpc) is 2.52. The van der Waals surface area contributed by atoms with Gasteiger partial charge in [0.25, 0.3) is 0 Å². The lowest BCUT2D eigenvalue weighted by atomic mass is 10.3. The van der Waals surface area contributed by atoms with Crippen LogP contribution in [0.5, 0.6) is 0 Å².